The lowest BCUT2D eigenvalue weighted by molar-refractivity contribution is -0.117. The van der Waals surface area contributed by atoms with Crippen LogP contribution in [0.1, 0.15) is 5.56 Å². The minimum atomic E-state index is -4.27. The Morgan fingerprint density at radius 1 is 1.06 bits per heavy atom. The molecule has 5 heteroatoms. The zero-order valence-electron chi connectivity index (χ0n) is 9.16. The molecule has 1 nitrogen and oxygen atoms in total. The van der Waals surface area contributed by atoms with E-state index < -0.39 is 12.7 Å². The quantitative estimate of drug-likeness (QED) is 0.721. The van der Waals surface area contributed by atoms with Gasteiger partial charge in [0.05, 0.1) is 5.69 Å². The first kappa shape index (κ1) is 11.5. The van der Waals surface area contributed by atoms with Crippen molar-refractivity contribution in [2.45, 2.75) is 6.18 Å². The van der Waals surface area contributed by atoms with Crippen molar-refractivity contribution < 1.29 is 13.2 Å². The number of alkyl halides is 3. The Balaban J connectivity index is 2.20. The molecule has 1 aliphatic heterocycles. The third-order valence-electron chi connectivity index (χ3n) is 2.99. The fourth-order valence-electron chi connectivity index (χ4n) is 2.32. The van der Waals surface area contributed by atoms with Crippen LogP contribution in [0.15, 0.2) is 36.4 Å². The van der Waals surface area contributed by atoms with Crippen molar-refractivity contribution in [2.24, 2.45) is 0 Å². The second-order valence-electron chi connectivity index (χ2n) is 4.19. The van der Waals surface area contributed by atoms with Crippen molar-refractivity contribution >= 4 is 33.7 Å². The Kier molecular flexibility index (Phi) is 2.35. The molecule has 18 heavy (non-hydrogen) atoms. The number of nitrogens with zero attached hydrogens (tertiary/aromatic N) is 1. The van der Waals surface area contributed by atoms with Gasteiger partial charge in [0.25, 0.3) is 0 Å². The highest BCUT2D eigenvalue weighted by Gasteiger charge is 2.36. The SMILES string of the molecule is FC(F)(F)CN1C(=S)c2cccc3cccc1c23. The van der Waals surface area contributed by atoms with E-state index in [4.69, 9.17) is 12.2 Å². The van der Waals surface area contributed by atoms with Crippen molar-refractivity contribution in [1.29, 1.82) is 0 Å². The first-order valence-corrected chi connectivity index (χ1v) is 5.78. The van der Waals surface area contributed by atoms with E-state index in [1.165, 1.54) is 0 Å². The molecule has 2 aromatic rings. The Hall–Kier alpha value is -1.62. The van der Waals surface area contributed by atoms with E-state index in [2.05, 4.69) is 0 Å². The summed E-state index contributed by atoms with van der Waals surface area (Å²) in [5, 5.41) is 1.73. The number of rotatable bonds is 1. The molecular weight excluding hydrogens is 259 g/mol. The summed E-state index contributed by atoms with van der Waals surface area (Å²) in [6, 6.07) is 10.8. The Labute approximate surface area is 107 Å². The Morgan fingerprint density at radius 3 is 2.39 bits per heavy atom. The van der Waals surface area contributed by atoms with Gasteiger partial charge in [-0.3, -0.25) is 0 Å². The van der Waals surface area contributed by atoms with Crippen molar-refractivity contribution in [3.8, 4) is 0 Å². The van der Waals surface area contributed by atoms with Gasteiger partial charge in [0, 0.05) is 10.9 Å². The van der Waals surface area contributed by atoms with E-state index in [0.29, 0.717) is 11.3 Å². The maximum Gasteiger partial charge on any atom is 0.406 e. The zero-order valence-corrected chi connectivity index (χ0v) is 9.98. The van der Waals surface area contributed by atoms with E-state index in [1.54, 1.807) is 18.2 Å². The number of hydrogen-bond donors (Lipinski definition) is 0. The van der Waals surface area contributed by atoms with Crippen LogP contribution in [0.3, 0.4) is 0 Å². The molecule has 0 aromatic heterocycles. The van der Waals surface area contributed by atoms with Crippen molar-refractivity contribution in [1.82, 2.24) is 0 Å². The van der Waals surface area contributed by atoms with Crippen molar-refractivity contribution in [3.63, 3.8) is 0 Å². The summed E-state index contributed by atoms with van der Waals surface area (Å²) in [6.07, 6.45) is -4.27. The van der Waals surface area contributed by atoms with Gasteiger partial charge < -0.3 is 4.90 Å². The number of thiocarbonyl (C=S) groups is 1. The first-order valence-electron chi connectivity index (χ1n) is 5.38. The zero-order chi connectivity index (χ0) is 12.9. The van der Waals surface area contributed by atoms with Gasteiger partial charge in [0.2, 0.25) is 0 Å². The summed E-state index contributed by atoms with van der Waals surface area (Å²) in [6.45, 7) is -1.04. The molecule has 1 heterocycles. The highest BCUT2D eigenvalue weighted by Crippen LogP contribution is 2.38. The summed E-state index contributed by atoms with van der Waals surface area (Å²) in [4.78, 5) is 1.41. The van der Waals surface area contributed by atoms with Crippen LogP contribution in [0, 0.1) is 0 Å². The normalized spacial score (nSPS) is 14.6. The molecule has 92 valence electrons. The van der Waals surface area contributed by atoms with Gasteiger partial charge in [-0.2, -0.15) is 13.2 Å². The molecule has 2 aromatic carbocycles. The highest BCUT2D eigenvalue weighted by atomic mass is 32.1. The summed E-state index contributed by atoms with van der Waals surface area (Å²) < 4.78 is 37.8. The minimum absolute atomic E-state index is 0.249. The van der Waals surface area contributed by atoms with Crippen LogP contribution < -0.4 is 4.90 Å². The standard InChI is InChI=1S/C13H8F3NS/c14-13(15,16)7-17-10-6-2-4-8-3-1-5-9(11(8)10)12(17)18/h1-6H,7H2. The second kappa shape index (κ2) is 3.68. The lowest BCUT2D eigenvalue weighted by Gasteiger charge is -2.21. The predicted molar refractivity (Wildman–Crippen MR) is 69.0 cm³/mol. The van der Waals surface area contributed by atoms with Crippen LogP contribution in [0.25, 0.3) is 10.8 Å². The van der Waals surface area contributed by atoms with Crippen LogP contribution >= 0.6 is 12.2 Å². The molecule has 0 aliphatic carbocycles. The third-order valence-corrected chi connectivity index (χ3v) is 3.43. The molecule has 1 aliphatic rings. The topological polar surface area (TPSA) is 3.24 Å². The maximum absolute atomic E-state index is 12.6. The van der Waals surface area contributed by atoms with Crippen LogP contribution in [0.5, 0.6) is 0 Å². The monoisotopic (exact) mass is 267 g/mol. The largest absolute Gasteiger partial charge is 0.406 e. The minimum Gasteiger partial charge on any atom is -0.322 e. The van der Waals surface area contributed by atoms with Crippen LogP contribution in [0.4, 0.5) is 18.9 Å². The summed E-state index contributed by atoms with van der Waals surface area (Å²) in [7, 11) is 0. The molecule has 0 saturated heterocycles. The summed E-state index contributed by atoms with van der Waals surface area (Å²) in [5.74, 6) is 0. The molecule has 0 fully saturated rings. The van der Waals surface area contributed by atoms with Gasteiger partial charge in [-0.05, 0) is 11.5 Å². The fraction of sp³-hybridized carbons (Fsp3) is 0.154. The molecule has 0 bridgehead atoms. The lowest BCUT2D eigenvalue weighted by Crippen LogP contribution is -2.35. The van der Waals surface area contributed by atoms with Gasteiger partial charge in [0.1, 0.15) is 11.5 Å². The highest BCUT2D eigenvalue weighted by molar-refractivity contribution is 7.81. The fourth-order valence-corrected chi connectivity index (χ4v) is 2.65. The molecule has 0 saturated carbocycles. The molecule has 0 N–H and O–H groups in total. The molecule has 0 unspecified atom stereocenters. The Bertz CT molecular complexity index is 643. The average molecular weight is 267 g/mol. The predicted octanol–water partition coefficient (Wildman–Crippen LogP) is 3.90. The molecule has 0 atom stereocenters. The van der Waals surface area contributed by atoms with Gasteiger partial charge in [-0.1, -0.05) is 42.5 Å². The van der Waals surface area contributed by atoms with Gasteiger partial charge in [-0.15, -0.1) is 0 Å². The number of hydrogen-bond acceptors (Lipinski definition) is 1. The van der Waals surface area contributed by atoms with Crippen molar-refractivity contribution in [2.75, 3.05) is 11.4 Å². The molecule has 0 spiro atoms. The maximum atomic E-state index is 12.6. The number of anilines is 1. The molecule has 0 radical (unpaired) electrons. The van der Waals surface area contributed by atoms with Crippen LogP contribution in [-0.2, 0) is 0 Å². The first-order chi connectivity index (χ1) is 8.47. The van der Waals surface area contributed by atoms with Gasteiger partial charge >= 0.3 is 6.18 Å². The third kappa shape index (κ3) is 1.66. The Morgan fingerprint density at radius 2 is 1.72 bits per heavy atom. The van der Waals surface area contributed by atoms with Crippen LogP contribution in [-0.4, -0.2) is 17.7 Å². The van der Waals surface area contributed by atoms with E-state index in [1.807, 2.05) is 18.2 Å². The van der Waals surface area contributed by atoms with E-state index in [-0.39, 0.29) is 4.99 Å². The summed E-state index contributed by atoms with van der Waals surface area (Å²) in [5.41, 5.74) is 1.26. The van der Waals surface area contributed by atoms with Gasteiger partial charge in [0.15, 0.2) is 0 Å². The van der Waals surface area contributed by atoms with Crippen LogP contribution in [0.2, 0.25) is 0 Å². The average Bonchev–Trinajstić information content (AvgIpc) is 2.56. The number of benzene rings is 2. The smallest absolute Gasteiger partial charge is 0.322 e. The van der Waals surface area contributed by atoms with E-state index in [0.717, 1.165) is 15.7 Å². The summed E-state index contributed by atoms with van der Waals surface area (Å²) >= 11 is 5.15. The van der Waals surface area contributed by atoms with E-state index >= 15 is 0 Å². The van der Waals surface area contributed by atoms with E-state index in [9.17, 15) is 13.2 Å². The molecular formula is C13H8F3NS. The second-order valence-corrected chi connectivity index (χ2v) is 4.57. The molecule has 0 amide bonds. The lowest BCUT2D eigenvalue weighted by atomic mass is 10.1. The molecule has 3 rings (SSSR count). The van der Waals surface area contributed by atoms with Crippen molar-refractivity contribution in [3.05, 3.63) is 42.0 Å². The number of halogens is 3. The van der Waals surface area contributed by atoms with Gasteiger partial charge in [-0.25, -0.2) is 0 Å².